The Labute approximate surface area is 83.0 Å². The standard InChI is InChI=1S/C10H14N2O2/c1-8-3-2-4-9(12-8)5-11-6-10(14)7-13/h2-5,10,13-14H,6-7H2,1H3/t10-/m0/s1. The largest absolute Gasteiger partial charge is 0.394 e. The molecule has 0 radical (unpaired) electrons. The van der Waals surface area contributed by atoms with Crippen molar-refractivity contribution in [1.29, 1.82) is 0 Å². The van der Waals surface area contributed by atoms with Crippen LogP contribution < -0.4 is 0 Å². The van der Waals surface area contributed by atoms with Crippen LogP contribution in [0.3, 0.4) is 0 Å². The number of aliphatic hydroxyl groups excluding tert-OH is 2. The first kappa shape index (κ1) is 10.8. The van der Waals surface area contributed by atoms with Gasteiger partial charge in [-0.3, -0.25) is 9.98 Å². The molecule has 1 heterocycles. The van der Waals surface area contributed by atoms with Gasteiger partial charge < -0.3 is 10.2 Å². The fourth-order valence-electron chi connectivity index (χ4n) is 0.962. The lowest BCUT2D eigenvalue weighted by Crippen LogP contribution is -2.15. The Bertz CT molecular complexity index is 313. The first-order valence-electron chi connectivity index (χ1n) is 4.45. The molecule has 0 amide bonds. The predicted octanol–water partition coefficient (Wildman–Crippen LogP) is 0.162. The van der Waals surface area contributed by atoms with Crippen LogP contribution in [-0.4, -0.2) is 40.7 Å². The van der Waals surface area contributed by atoms with Crippen LogP contribution in [0.2, 0.25) is 0 Å². The second-order valence-corrected chi connectivity index (χ2v) is 3.03. The number of aliphatic hydroxyl groups is 2. The van der Waals surface area contributed by atoms with E-state index in [1.165, 1.54) is 0 Å². The number of pyridine rings is 1. The molecular formula is C10H14N2O2. The second-order valence-electron chi connectivity index (χ2n) is 3.03. The lowest BCUT2D eigenvalue weighted by Gasteiger charge is -2.00. The molecular weight excluding hydrogens is 180 g/mol. The third-order valence-corrected chi connectivity index (χ3v) is 1.66. The van der Waals surface area contributed by atoms with Crippen molar-refractivity contribution in [1.82, 2.24) is 4.98 Å². The van der Waals surface area contributed by atoms with E-state index in [0.717, 1.165) is 11.4 Å². The van der Waals surface area contributed by atoms with Crippen LogP contribution in [-0.2, 0) is 0 Å². The number of nitrogens with zero attached hydrogens (tertiary/aromatic N) is 2. The number of rotatable bonds is 4. The Balaban J connectivity index is 2.51. The normalized spacial score (nSPS) is 13.4. The van der Waals surface area contributed by atoms with Gasteiger partial charge in [0, 0.05) is 11.9 Å². The molecule has 0 bridgehead atoms. The third-order valence-electron chi connectivity index (χ3n) is 1.66. The smallest absolute Gasteiger partial charge is 0.0965 e. The molecule has 4 nitrogen and oxygen atoms in total. The van der Waals surface area contributed by atoms with Gasteiger partial charge in [0.1, 0.15) is 0 Å². The van der Waals surface area contributed by atoms with Crippen molar-refractivity contribution in [2.45, 2.75) is 13.0 Å². The molecule has 1 aromatic rings. The van der Waals surface area contributed by atoms with E-state index in [1.54, 1.807) is 6.21 Å². The summed E-state index contributed by atoms with van der Waals surface area (Å²) in [6, 6.07) is 5.63. The monoisotopic (exact) mass is 194 g/mol. The van der Waals surface area contributed by atoms with E-state index in [1.807, 2.05) is 25.1 Å². The molecule has 0 unspecified atom stereocenters. The molecule has 0 saturated carbocycles. The van der Waals surface area contributed by atoms with E-state index in [9.17, 15) is 0 Å². The summed E-state index contributed by atoms with van der Waals surface area (Å²) in [6.07, 6.45) is 0.808. The van der Waals surface area contributed by atoms with Crippen molar-refractivity contribution in [2.75, 3.05) is 13.2 Å². The number of hydrogen-bond donors (Lipinski definition) is 2. The highest BCUT2D eigenvalue weighted by Gasteiger charge is 1.97. The van der Waals surface area contributed by atoms with E-state index < -0.39 is 6.10 Å². The number of aryl methyl sites for hydroxylation is 1. The predicted molar refractivity (Wildman–Crippen MR) is 54.5 cm³/mol. The summed E-state index contributed by atoms with van der Waals surface area (Å²) in [5.41, 5.74) is 1.69. The van der Waals surface area contributed by atoms with Crippen molar-refractivity contribution >= 4 is 6.21 Å². The lowest BCUT2D eigenvalue weighted by molar-refractivity contribution is 0.102. The van der Waals surface area contributed by atoms with Gasteiger partial charge >= 0.3 is 0 Å². The van der Waals surface area contributed by atoms with Gasteiger partial charge in [-0.15, -0.1) is 0 Å². The molecule has 0 spiro atoms. The molecule has 0 aliphatic rings. The quantitative estimate of drug-likeness (QED) is 0.671. The Morgan fingerprint density at radius 3 is 3.00 bits per heavy atom. The molecule has 0 fully saturated rings. The van der Waals surface area contributed by atoms with Crippen LogP contribution in [0, 0.1) is 6.92 Å². The van der Waals surface area contributed by atoms with Gasteiger partial charge in [0.25, 0.3) is 0 Å². The fraction of sp³-hybridized carbons (Fsp3) is 0.400. The van der Waals surface area contributed by atoms with Crippen LogP contribution in [0.4, 0.5) is 0 Å². The molecule has 1 rings (SSSR count). The van der Waals surface area contributed by atoms with E-state index in [-0.39, 0.29) is 13.2 Å². The highest BCUT2D eigenvalue weighted by atomic mass is 16.3. The molecule has 14 heavy (non-hydrogen) atoms. The molecule has 0 aliphatic carbocycles. The van der Waals surface area contributed by atoms with Crippen molar-refractivity contribution < 1.29 is 10.2 Å². The average molecular weight is 194 g/mol. The summed E-state index contributed by atoms with van der Waals surface area (Å²) in [4.78, 5) is 8.16. The zero-order chi connectivity index (χ0) is 10.4. The number of aromatic nitrogens is 1. The molecule has 4 heteroatoms. The molecule has 0 saturated heterocycles. The van der Waals surface area contributed by atoms with Crippen LogP contribution in [0.15, 0.2) is 23.2 Å². The molecule has 0 aliphatic heterocycles. The fourth-order valence-corrected chi connectivity index (χ4v) is 0.962. The van der Waals surface area contributed by atoms with Crippen molar-refractivity contribution in [3.8, 4) is 0 Å². The van der Waals surface area contributed by atoms with Gasteiger partial charge in [-0.25, -0.2) is 0 Å². The minimum atomic E-state index is -0.781. The van der Waals surface area contributed by atoms with Crippen molar-refractivity contribution in [2.24, 2.45) is 4.99 Å². The summed E-state index contributed by atoms with van der Waals surface area (Å²) in [5.74, 6) is 0. The van der Waals surface area contributed by atoms with E-state index in [4.69, 9.17) is 10.2 Å². The van der Waals surface area contributed by atoms with Gasteiger partial charge in [-0.05, 0) is 19.1 Å². The van der Waals surface area contributed by atoms with Crippen LogP contribution in [0.1, 0.15) is 11.4 Å². The first-order valence-corrected chi connectivity index (χ1v) is 4.45. The van der Waals surface area contributed by atoms with Gasteiger partial charge in [-0.2, -0.15) is 0 Å². The molecule has 76 valence electrons. The Morgan fingerprint density at radius 1 is 1.57 bits per heavy atom. The Kier molecular flexibility index (Phi) is 4.22. The highest BCUT2D eigenvalue weighted by Crippen LogP contribution is 1.95. The molecule has 1 aromatic heterocycles. The van der Waals surface area contributed by atoms with E-state index in [0.29, 0.717) is 0 Å². The second kappa shape index (κ2) is 5.47. The minimum absolute atomic E-state index is 0.201. The average Bonchev–Trinajstić information content (AvgIpc) is 2.17. The van der Waals surface area contributed by atoms with E-state index >= 15 is 0 Å². The summed E-state index contributed by atoms with van der Waals surface area (Å²) < 4.78 is 0. The first-order chi connectivity index (χ1) is 6.72. The number of aliphatic imine (C=N–C) groups is 1. The highest BCUT2D eigenvalue weighted by molar-refractivity contribution is 5.76. The Morgan fingerprint density at radius 2 is 2.36 bits per heavy atom. The molecule has 2 N–H and O–H groups in total. The summed E-state index contributed by atoms with van der Waals surface area (Å²) >= 11 is 0. The van der Waals surface area contributed by atoms with Gasteiger partial charge in [0.15, 0.2) is 0 Å². The van der Waals surface area contributed by atoms with Crippen LogP contribution >= 0.6 is 0 Å². The summed E-state index contributed by atoms with van der Waals surface area (Å²) in [5, 5.41) is 17.5. The van der Waals surface area contributed by atoms with Crippen molar-refractivity contribution in [3.63, 3.8) is 0 Å². The van der Waals surface area contributed by atoms with Crippen LogP contribution in [0.25, 0.3) is 0 Å². The minimum Gasteiger partial charge on any atom is -0.394 e. The van der Waals surface area contributed by atoms with Gasteiger partial charge in [-0.1, -0.05) is 6.07 Å². The summed E-state index contributed by atoms with van der Waals surface area (Å²) in [6.45, 7) is 1.84. The topological polar surface area (TPSA) is 65.7 Å². The third kappa shape index (κ3) is 3.64. The van der Waals surface area contributed by atoms with Gasteiger partial charge in [0.05, 0.1) is 24.9 Å². The maximum atomic E-state index is 9.01. The zero-order valence-corrected chi connectivity index (χ0v) is 8.09. The lowest BCUT2D eigenvalue weighted by atomic mass is 10.3. The Hall–Kier alpha value is -1.26. The van der Waals surface area contributed by atoms with Gasteiger partial charge in [0.2, 0.25) is 0 Å². The zero-order valence-electron chi connectivity index (χ0n) is 8.09. The maximum absolute atomic E-state index is 9.01. The summed E-state index contributed by atoms with van der Waals surface area (Å²) in [7, 11) is 0. The number of hydrogen-bond acceptors (Lipinski definition) is 4. The van der Waals surface area contributed by atoms with Crippen LogP contribution in [0.5, 0.6) is 0 Å². The SMILES string of the molecule is Cc1cccc(C=NC[C@H](O)CO)n1. The molecule has 1 atom stereocenters. The van der Waals surface area contributed by atoms with Crippen molar-refractivity contribution in [3.05, 3.63) is 29.6 Å². The van der Waals surface area contributed by atoms with E-state index in [2.05, 4.69) is 9.98 Å². The maximum Gasteiger partial charge on any atom is 0.0965 e. The molecule has 0 aromatic carbocycles.